The van der Waals surface area contributed by atoms with E-state index in [-0.39, 0.29) is 24.2 Å². The normalized spacial score (nSPS) is 10.8. The van der Waals surface area contributed by atoms with E-state index in [2.05, 4.69) is 31.5 Å². The summed E-state index contributed by atoms with van der Waals surface area (Å²) >= 11 is 3.23. The minimum absolute atomic E-state index is 0.0554. The maximum atomic E-state index is 14.1. The van der Waals surface area contributed by atoms with Crippen molar-refractivity contribution in [2.24, 2.45) is 0 Å². The van der Waals surface area contributed by atoms with Crippen molar-refractivity contribution in [3.05, 3.63) is 87.5 Å². The molecule has 0 unspecified atom stereocenters. The van der Waals surface area contributed by atoms with Crippen LogP contribution in [0.2, 0.25) is 0 Å². The Morgan fingerprint density at radius 2 is 1.83 bits per heavy atom. The Morgan fingerprint density at radius 1 is 1.10 bits per heavy atom. The molecule has 2 aromatic carbocycles. The molecule has 4 nitrogen and oxygen atoms in total. The molecule has 0 aliphatic rings. The first kappa shape index (κ1) is 20.9. The summed E-state index contributed by atoms with van der Waals surface area (Å²) in [5, 5.41) is 5.78. The molecule has 3 rings (SSSR count). The average Bonchev–Trinajstić information content (AvgIpc) is 2.69. The van der Waals surface area contributed by atoms with E-state index in [1.807, 2.05) is 13.8 Å². The fourth-order valence-electron chi connectivity index (χ4n) is 2.82. The quantitative estimate of drug-likeness (QED) is 0.480. The molecule has 2 N–H and O–H groups in total. The summed E-state index contributed by atoms with van der Waals surface area (Å²) in [4.78, 5) is 16.9. The second kappa shape index (κ2) is 9.13. The molecule has 1 amide bonds. The first-order valence-corrected chi connectivity index (χ1v) is 9.87. The molecule has 0 atom stereocenters. The number of anilines is 2. The summed E-state index contributed by atoms with van der Waals surface area (Å²) < 4.78 is 27.7. The van der Waals surface area contributed by atoms with Gasteiger partial charge < -0.3 is 10.6 Å². The SMILES string of the molecule is CC(C)c1cc(Nc2ccc(Br)cc2F)ncc1C(=O)NCc1ccc(F)cc1. The van der Waals surface area contributed by atoms with Gasteiger partial charge in [-0.05, 0) is 53.4 Å². The Balaban J connectivity index is 1.78. The monoisotopic (exact) mass is 459 g/mol. The van der Waals surface area contributed by atoms with Gasteiger partial charge >= 0.3 is 0 Å². The molecular weight excluding hydrogens is 440 g/mol. The molecule has 3 aromatic rings. The Kier molecular flexibility index (Phi) is 6.59. The highest BCUT2D eigenvalue weighted by atomic mass is 79.9. The Bertz CT molecular complexity index is 1020. The van der Waals surface area contributed by atoms with Crippen LogP contribution in [0.5, 0.6) is 0 Å². The maximum Gasteiger partial charge on any atom is 0.253 e. The second-order valence-electron chi connectivity index (χ2n) is 6.87. The molecule has 0 fully saturated rings. The van der Waals surface area contributed by atoms with Gasteiger partial charge in [-0.2, -0.15) is 0 Å². The molecule has 0 aliphatic carbocycles. The van der Waals surface area contributed by atoms with E-state index in [1.165, 1.54) is 24.4 Å². The molecule has 7 heteroatoms. The largest absolute Gasteiger partial charge is 0.348 e. The van der Waals surface area contributed by atoms with Crippen LogP contribution in [0, 0.1) is 11.6 Å². The fourth-order valence-corrected chi connectivity index (χ4v) is 3.15. The highest BCUT2D eigenvalue weighted by Gasteiger charge is 2.16. The lowest BCUT2D eigenvalue weighted by atomic mass is 9.98. The molecule has 0 aliphatic heterocycles. The van der Waals surface area contributed by atoms with Gasteiger partial charge in [0.2, 0.25) is 0 Å². The van der Waals surface area contributed by atoms with Gasteiger partial charge in [0.1, 0.15) is 17.5 Å². The number of nitrogens with one attached hydrogen (secondary N) is 2. The summed E-state index contributed by atoms with van der Waals surface area (Å²) in [5.41, 5.74) is 2.33. The molecular formula is C22H20BrF2N3O. The number of aromatic nitrogens is 1. The van der Waals surface area contributed by atoms with Crippen LogP contribution in [0.3, 0.4) is 0 Å². The molecule has 0 spiro atoms. The van der Waals surface area contributed by atoms with Gasteiger partial charge in [0, 0.05) is 17.2 Å². The number of carbonyl (C=O) groups excluding carboxylic acids is 1. The van der Waals surface area contributed by atoms with Gasteiger partial charge in [0.25, 0.3) is 5.91 Å². The van der Waals surface area contributed by atoms with Crippen molar-refractivity contribution >= 4 is 33.3 Å². The van der Waals surface area contributed by atoms with E-state index < -0.39 is 5.82 Å². The van der Waals surface area contributed by atoms with E-state index in [4.69, 9.17) is 0 Å². The summed E-state index contributed by atoms with van der Waals surface area (Å²) in [5.74, 6) is -0.498. The van der Waals surface area contributed by atoms with Crippen LogP contribution in [0.15, 0.2) is 59.2 Å². The Morgan fingerprint density at radius 3 is 2.48 bits per heavy atom. The van der Waals surface area contributed by atoms with Crippen LogP contribution in [-0.2, 0) is 6.54 Å². The number of amides is 1. The van der Waals surface area contributed by atoms with Crippen LogP contribution >= 0.6 is 15.9 Å². The molecule has 29 heavy (non-hydrogen) atoms. The number of hydrogen-bond acceptors (Lipinski definition) is 3. The van der Waals surface area contributed by atoms with Crippen molar-refractivity contribution in [3.63, 3.8) is 0 Å². The topological polar surface area (TPSA) is 54.0 Å². The highest BCUT2D eigenvalue weighted by Crippen LogP contribution is 2.26. The molecule has 0 saturated carbocycles. The third kappa shape index (κ3) is 5.38. The average molecular weight is 460 g/mol. The van der Waals surface area contributed by atoms with E-state index in [1.54, 1.807) is 30.3 Å². The van der Waals surface area contributed by atoms with Gasteiger partial charge in [-0.15, -0.1) is 0 Å². The van der Waals surface area contributed by atoms with Crippen molar-refractivity contribution in [1.82, 2.24) is 10.3 Å². The summed E-state index contributed by atoms with van der Waals surface area (Å²) in [6, 6.07) is 12.4. The predicted octanol–water partition coefficient (Wildman–Crippen LogP) is 5.92. The number of benzene rings is 2. The highest BCUT2D eigenvalue weighted by molar-refractivity contribution is 9.10. The smallest absolute Gasteiger partial charge is 0.253 e. The molecule has 0 radical (unpaired) electrons. The van der Waals surface area contributed by atoms with E-state index in [0.717, 1.165) is 11.1 Å². The third-order valence-electron chi connectivity index (χ3n) is 4.36. The van der Waals surface area contributed by atoms with Crippen LogP contribution in [0.1, 0.15) is 41.3 Å². The summed E-state index contributed by atoms with van der Waals surface area (Å²) in [7, 11) is 0. The van der Waals surface area contributed by atoms with Gasteiger partial charge in [0.15, 0.2) is 0 Å². The maximum absolute atomic E-state index is 14.1. The zero-order chi connectivity index (χ0) is 21.0. The number of rotatable bonds is 6. The zero-order valence-electron chi connectivity index (χ0n) is 16.0. The van der Waals surface area contributed by atoms with Crippen molar-refractivity contribution in [2.75, 3.05) is 5.32 Å². The first-order chi connectivity index (χ1) is 13.8. The fraction of sp³-hybridized carbons (Fsp3) is 0.182. The Labute approximate surface area is 176 Å². The van der Waals surface area contributed by atoms with Gasteiger partial charge in [0.05, 0.1) is 11.3 Å². The van der Waals surface area contributed by atoms with Crippen LogP contribution < -0.4 is 10.6 Å². The number of pyridine rings is 1. The van der Waals surface area contributed by atoms with Crippen molar-refractivity contribution in [2.45, 2.75) is 26.3 Å². The number of hydrogen-bond donors (Lipinski definition) is 2. The predicted molar refractivity (Wildman–Crippen MR) is 113 cm³/mol. The van der Waals surface area contributed by atoms with Crippen LogP contribution in [0.4, 0.5) is 20.3 Å². The van der Waals surface area contributed by atoms with Crippen LogP contribution in [0.25, 0.3) is 0 Å². The standard InChI is InChI=1S/C22H20BrF2N3O/c1-13(2)17-10-21(28-20-8-5-15(23)9-19(20)25)26-12-18(17)22(29)27-11-14-3-6-16(24)7-4-14/h3-10,12-13H,11H2,1-2H3,(H,26,28)(H,27,29). The third-order valence-corrected chi connectivity index (χ3v) is 4.86. The Hall–Kier alpha value is -2.80. The van der Waals surface area contributed by atoms with E-state index >= 15 is 0 Å². The second-order valence-corrected chi connectivity index (χ2v) is 7.79. The molecule has 0 bridgehead atoms. The van der Waals surface area contributed by atoms with Crippen molar-refractivity contribution in [1.29, 1.82) is 0 Å². The van der Waals surface area contributed by atoms with Gasteiger partial charge in [-0.25, -0.2) is 13.8 Å². The van der Waals surface area contributed by atoms with E-state index in [9.17, 15) is 13.6 Å². The summed E-state index contributed by atoms with van der Waals surface area (Å²) in [6.07, 6.45) is 1.48. The summed E-state index contributed by atoms with van der Waals surface area (Å²) in [6.45, 7) is 4.22. The molecule has 1 heterocycles. The van der Waals surface area contributed by atoms with Crippen molar-refractivity contribution < 1.29 is 13.6 Å². The molecule has 0 saturated heterocycles. The zero-order valence-corrected chi connectivity index (χ0v) is 17.6. The number of halogens is 3. The minimum atomic E-state index is -0.409. The number of nitrogens with zero attached hydrogens (tertiary/aromatic N) is 1. The first-order valence-electron chi connectivity index (χ1n) is 9.08. The van der Waals surface area contributed by atoms with Gasteiger partial charge in [-0.1, -0.05) is 41.9 Å². The number of carbonyl (C=O) groups is 1. The lowest BCUT2D eigenvalue weighted by Gasteiger charge is -2.15. The molecule has 150 valence electrons. The van der Waals surface area contributed by atoms with Gasteiger partial charge in [-0.3, -0.25) is 4.79 Å². The minimum Gasteiger partial charge on any atom is -0.348 e. The van der Waals surface area contributed by atoms with Crippen molar-refractivity contribution in [3.8, 4) is 0 Å². The lowest BCUT2D eigenvalue weighted by molar-refractivity contribution is 0.0949. The molecule has 1 aromatic heterocycles. The van der Waals surface area contributed by atoms with E-state index in [0.29, 0.717) is 21.5 Å². The lowest BCUT2D eigenvalue weighted by Crippen LogP contribution is -2.24. The van der Waals surface area contributed by atoms with Crippen LogP contribution in [-0.4, -0.2) is 10.9 Å².